The Hall–Kier alpha value is -3.41. The molecule has 0 atom stereocenters. The first-order valence-electron chi connectivity index (χ1n) is 9.55. The Balaban J connectivity index is 1.93. The van der Waals surface area contributed by atoms with Gasteiger partial charge >= 0.3 is 12.1 Å². The summed E-state index contributed by atoms with van der Waals surface area (Å²) in [4.78, 5) is 30.5. The lowest BCUT2D eigenvalue weighted by molar-refractivity contribution is -0.138. The zero-order valence-corrected chi connectivity index (χ0v) is 17.8. The summed E-state index contributed by atoms with van der Waals surface area (Å²) in [6.07, 6.45) is -4.69. The van der Waals surface area contributed by atoms with Crippen LogP contribution in [0, 0.1) is 5.82 Å². The van der Waals surface area contributed by atoms with Crippen LogP contribution in [-0.4, -0.2) is 57.5 Å². The molecule has 0 radical (unpaired) electrons. The Labute approximate surface area is 189 Å². The average molecular weight is 489 g/mol. The van der Waals surface area contributed by atoms with Gasteiger partial charge in [-0.3, -0.25) is 9.69 Å². The smallest absolute Gasteiger partial charge is 0.417 e. The number of pyridine rings is 1. The Kier molecular flexibility index (Phi) is 6.77. The topological polar surface area (TPSA) is 106 Å². The molecule has 33 heavy (non-hydrogen) atoms. The van der Waals surface area contributed by atoms with Gasteiger partial charge < -0.3 is 15.2 Å². The van der Waals surface area contributed by atoms with E-state index in [4.69, 9.17) is 11.6 Å². The number of aromatic nitrogens is 1. The van der Waals surface area contributed by atoms with Crippen LogP contribution >= 0.6 is 11.6 Å². The standard InChI is InChI=1S/C20H17ClF4N4O4/c1-2-14-10(19(31)32)8-12(21)17(26-14)29-7-6-28(9-15(29)30)18(27-33)16-11(20(23,24)25)4-3-5-13(16)22/h3-5,8,33H,2,6-7,9H2,1H3,(H,31,32)/b27-18-. The second-order valence-corrected chi connectivity index (χ2v) is 7.40. The van der Waals surface area contributed by atoms with Gasteiger partial charge in [-0.2, -0.15) is 13.2 Å². The Bertz CT molecular complexity index is 1140. The number of halogens is 5. The molecule has 1 fully saturated rings. The number of carboxylic acid groups (broad SMARTS) is 1. The van der Waals surface area contributed by atoms with Gasteiger partial charge in [0, 0.05) is 13.1 Å². The maximum Gasteiger partial charge on any atom is 0.417 e. The van der Waals surface area contributed by atoms with E-state index in [0.717, 1.165) is 21.9 Å². The first-order chi connectivity index (χ1) is 15.5. The number of rotatable bonds is 4. The summed E-state index contributed by atoms with van der Waals surface area (Å²) < 4.78 is 54.5. The molecule has 3 rings (SSSR count). The van der Waals surface area contributed by atoms with Gasteiger partial charge in [-0.05, 0) is 24.6 Å². The molecule has 1 aliphatic heterocycles. The number of hydrogen-bond acceptors (Lipinski definition) is 5. The van der Waals surface area contributed by atoms with E-state index in [2.05, 4.69) is 10.1 Å². The molecule has 0 saturated carbocycles. The van der Waals surface area contributed by atoms with E-state index in [-0.39, 0.29) is 41.6 Å². The number of benzene rings is 1. The molecule has 1 amide bonds. The van der Waals surface area contributed by atoms with Crippen LogP contribution in [0.4, 0.5) is 23.4 Å². The molecule has 1 aromatic carbocycles. The van der Waals surface area contributed by atoms with Crippen molar-refractivity contribution in [2.24, 2.45) is 5.16 Å². The number of nitrogens with zero attached hydrogens (tertiary/aromatic N) is 4. The molecule has 0 spiro atoms. The largest absolute Gasteiger partial charge is 0.478 e. The van der Waals surface area contributed by atoms with Gasteiger partial charge in [-0.15, -0.1) is 0 Å². The molecule has 8 nitrogen and oxygen atoms in total. The number of carbonyl (C=O) groups excluding carboxylic acids is 1. The van der Waals surface area contributed by atoms with Crippen LogP contribution in [0.1, 0.15) is 34.1 Å². The van der Waals surface area contributed by atoms with E-state index in [0.29, 0.717) is 6.07 Å². The van der Waals surface area contributed by atoms with Gasteiger partial charge in [0.25, 0.3) is 0 Å². The minimum atomic E-state index is -4.93. The molecule has 2 aromatic rings. The number of piperazine rings is 1. The molecular formula is C20H17ClF4N4O4. The second-order valence-electron chi connectivity index (χ2n) is 7.00. The van der Waals surface area contributed by atoms with Crippen molar-refractivity contribution in [2.75, 3.05) is 24.5 Å². The highest BCUT2D eigenvalue weighted by atomic mass is 35.5. The summed E-state index contributed by atoms with van der Waals surface area (Å²) in [6.45, 7) is 0.820. The summed E-state index contributed by atoms with van der Waals surface area (Å²) in [5.74, 6) is -3.94. The summed E-state index contributed by atoms with van der Waals surface area (Å²) in [5, 5.41) is 21.4. The molecule has 13 heteroatoms. The summed E-state index contributed by atoms with van der Waals surface area (Å²) >= 11 is 6.14. The highest BCUT2D eigenvalue weighted by Gasteiger charge is 2.39. The lowest BCUT2D eigenvalue weighted by Gasteiger charge is -2.36. The van der Waals surface area contributed by atoms with Crippen molar-refractivity contribution in [3.8, 4) is 0 Å². The van der Waals surface area contributed by atoms with Crippen molar-refractivity contribution in [3.05, 3.63) is 57.5 Å². The molecule has 0 aliphatic carbocycles. The number of anilines is 1. The van der Waals surface area contributed by atoms with Crippen LogP contribution in [0.15, 0.2) is 29.4 Å². The third-order valence-corrected chi connectivity index (χ3v) is 5.29. The number of amidine groups is 1. The molecule has 0 bridgehead atoms. The van der Waals surface area contributed by atoms with E-state index in [1.165, 1.54) is 6.07 Å². The summed E-state index contributed by atoms with van der Waals surface area (Å²) in [6, 6.07) is 3.47. The van der Waals surface area contributed by atoms with Crippen molar-refractivity contribution in [1.82, 2.24) is 9.88 Å². The van der Waals surface area contributed by atoms with Crippen LogP contribution in [0.5, 0.6) is 0 Å². The van der Waals surface area contributed by atoms with E-state index < -0.39 is 47.4 Å². The number of carbonyl (C=O) groups is 2. The molecule has 176 valence electrons. The molecule has 2 N–H and O–H groups in total. The number of amides is 1. The predicted molar refractivity (Wildman–Crippen MR) is 109 cm³/mol. The van der Waals surface area contributed by atoms with E-state index in [9.17, 15) is 37.5 Å². The SMILES string of the molecule is CCc1nc(N2CCN(/C(=N\O)c3c(F)cccc3C(F)(F)F)CC2=O)c(Cl)cc1C(=O)O. The van der Waals surface area contributed by atoms with Gasteiger partial charge in [0.15, 0.2) is 11.7 Å². The van der Waals surface area contributed by atoms with Gasteiger partial charge in [-0.25, -0.2) is 14.2 Å². The zero-order chi connectivity index (χ0) is 24.5. The Morgan fingerprint density at radius 2 is 2.00 bits per heavy atom. The number of carboxylic acids is 1. The number of hydrogen-bond donors (Lipinski definition) is 2. The van der Waals surface area contributed by atoms with Crippen molar-refractivity contribution >= 4 is 35.1 Å². The number of oxime groups is 1. The van der Waals surface area contributed by atoms with Gasteiger partial charge in [0.1, 0.15) is 5.82 Å². The van der Waals surface area contributed by atoms with Crippen molar-refractivity contribution < 1.29 is 37.5 Å². The maximum atomic E-state index is 14.4. The van der Waals surface area contributed by atoms with E-state index in [1.54, 1.807) is 6.92 Å². The third-order valence-electron chi connectivity index (χ3n) is 5.01. The number of aryl methyl sites for hydroxylation is 1. The lowest BCUT2D eigenvalue weighted by atomic mass is 10.0. The molecule has 1 aliphatic rings. The molecule has 1 saturated heterocycles. The average Bonchev–Trinajstić information content (AvgIpc) is 2.74. The fourth-order valence-corrected chi connectivity index (χ4v) is 3.75. The number of aromatic carboxylic acids is 1. The van der Waals surface area contributed by atoms with Crippen LogP contribution < -0.4 is 4.90 Å². The van der Waals surface area contributed by atoms with Crippen LogP contribution in [0.25, 0.3) is 0 Å². The fraction of sp³-hybridized carbons (Fsp3) is 0.300. The highest BCUT2D eigenvalue weighted by molar-refractivity contribution is 6.34. The maximum absolute atomic E-state index is 14.4. The molecule has 2 heterocycles. The highest BCUT2D eigenvalue weighted by Crippen LogP contribution is 2.34. The quantitative estimate of drug-likeness (QED) is 0.224. The van der Waals surface area contributed by atoms with Crippen molar-refractivity contribution in [2.45, 2.75) is 19.5 Å². The first-order valence-corrected chi connectivity index (χ1v) is 9.93. The molecule has 0 unspecified atom stereocenters. The molecule has 1 aromatic heterocycles. The van der Waals surface area contributed by atoms with Crippen LogP contribution in [0.2, 0.25) is 5.02 Å². The predicted octanol–water partition coefficient (Wildman–Crippen LogP) is 3.64. The van der Waals surface area contributed by atoms with Crippen LogP contribution in [0.3, 0.4) is 0 Å². The minimum Gasteiger partial charge on any atom is -0.478 e. The van der Waals surface area contributed by atoms with Gasteiger partial charge in [0.2, 0.25) is 5.91 Å². The fourth-order valence-electron chi connectivity index (χ4n) is 3.50. The monoisotopic (exact) mass is 488 g/mol. The van der Waals surface area contributed by atoms with Gasteiger partial charge in [0.05, 0.1) is 34.0 Å². The lowest BCUT2D eigenvalue weighted by Crippen LogP contribution is -2.53. The summed E-state index contributed by atoms with van der Waals surface area (Å²) in [5.41, 5.74) is -2.27. The van der Waals surface area contributed by atoms with Crippen molar-refractivity contribution in [1.29, 1.82) is 0 Å². The van der Waals surface area contributed by atoms with Gasteiger partial charge in [-0.1, -0.05) is 29.7 Å². The third kappa shape index (κ3) is 4.70. The van der Waals surface area contributed by atoms with Crippen molar-refractivity contribution in [3.63, 3.8) is 0 Å². The Morgan fingerprint density at radius 3 is 2.55 bits per heavy atom. The van der Waals surface area contributed by atoms with Crippen LogP contribution in [-0.2, 0) is 17.4 Å². The second kappa shape index (κ2) is 9.22. The summed E-state index contributed by atoms with van der Waals surface area (Å²) in [7, 11) is 0. The van der Waals surface area contributed by atoms with E-state index >= 15 is 0 Å². The zero-order valence-electron chi connectivity index (χ0n) is 17.0. The normalized spacial score (nSPS) is 15.2. The van der Waals surface area contributed by atoms with E-state index in [1.807, 2.05) is 0 Å². The minimum absolute atomic E-state index is 0.00692. The first kappa shape index (κ1) is 24.2. The Morgan fingerprint density at radius 1 is 1.30 bits per heavy atom. The molecular weight excluding hydrogens is 472 g/mol. The number of alkyl halides is 3.